The number of rotatable bonds is 3. The summed E-state index contributed by atoms with van der Waals surface area (Å²) in [4.78, 5) is 17.2. The number of hydroxylamine groups is 2. The van der Waals surface area contributed by atoms with Crippen molar-refractivity contribution in [3.05, 3.63) is 33.8 Å². The SMILES string of the molecule is CON(C)C(=O)[C@@H]1C(c2cc(Cl)cc(Cl)c2)C1(C)C. The molecule has 0 heterocycles. The first-order valence-corrected chi connectivity index (χ1v) is 6.82. The number of carbonyl (C=O) groups is 1. The van der Waals surface area contributed by atoms with E-state index in [4.69, 9.17) is 28.0 Å². The minimum absolute atomic E-state index is 0.0198. The van der Waals surface area contributed by atoms with E-state index in [1.165, 1.54) is 12.2 Å². The van der Waals surface area contributed by atoms with Crippen molar-refractivity contribution in [2.24, 2.45) is 11.3 Å². The normalized spacial score (nSPS) is 24.1. The summed E-state index contributed by atoms with van der Waals surface area (Å²) in [7, 11) is 3.11. The number of carbonyl (C=O) groups excluding carboxylic acids is 1. The molecule has 2 atom stereocenters. The smallest absolute Gasteiger partial charge is 0.250 e. The van der Waals surface area contributed by atoms with Crippen molar-refractivity contribution in [3.8, 4) is 0 Å². The van der Waals surface area contributed by atoms with E-state index in [1.54, 1.807) is 13.1 Å². The molecule has 0 saturated heterocycles. The van der Waals surface area contributed by atoms with Gasteiger partial charge in [-0.15, -0.1) is 0 Å². The molecule has 19 heavy (non-hydrogen) atoms. The van der Waals surface area contributed by atoms with Crippen LogP contribution in [-0.4, -0.2) is 25.1 Å². The van der Waals surface area contributed by atoms with Gasteiger partial charge in [0.15, 0.2) is 0 Å². The van der Waals surface area contributed by atoms with Crippen LogP contribution in [0.3, 0.4) is 0 Å². The van der Waals surface area contributed by atoms with Gasteiger partial charge in [0.25, 0.3) is 0 Å². The monoisotopic (exact) mass is 301 g/mol. The van der Waals surface area contributed by atoms with E-state index >= 15 is 0 Å². The fourth-order valence-corrected chi connectivity index (χ4v) is 3.30. The summed E-state index contributed by atoms with van der Waals surface area (Å²) in [6.45, 7) is 4.14. The lowest BCUT2D eigenvalue weighted by Gasteiger charge is -2.14. The zero-order chi connectivity index (χ0) is 14.4. The summed E-state index contributed by atoms with van der Waals surface area (Å²) in [6.07, 6.45) is 0. The predicted molar refractivity (Wildman–Crippen MR) is 76.3 cm³/mol. The fourth-order valence-electron chi connectivity index (χ4n) is 2.76. The van der Waals surface area contributed by atoms with Gasteiger partial charge in [-0.05, 0) is 29.2 Å². The van der Waals surface area contributed by atoms with Crippen LogP contribution in [0.15, 0.2) is 18.2 Å². The predicted octanol–water partition coefficient (Wildman–Crippen LogP) is 3.75. The van der Waals surface area contributed by atoms with Crippen molar-refractivity contribution in [2.75, 3.05) is 14.2 Å². The van der Waals surface area contributed by atoms with E-state index in [-0.39, 0.29) is 23.2 Å². The molecule has 0 aliphatic heterocycles. The number of halogens is 2. The first kappa shape index (κ1) is 14.6. The lowest BCUT2D eigenvalue weighted by atomic mass is 10.0. The average molecular weight is 302 g/mol. The molecule has 1 aromatic carbocycles. The van der Waals surface area contributed by atoms with E-state index in [9.17, 15) is 4.79 Å². The van der Waals surface area contributed by atoms with Crippen molar-refractivity contribution in [1.29, 1.82) is 0 Å². The summed E-state index contributed by atoms with van der Waals surface area (Å²) in [5.74, 6) is -0.00520. The quantitative estimate of drug-likeness (QED) is 0.796. The number of benzene rings is 1. The Morgan fingerprint density at radius 3 is 2.26 bits per heavy atom. The van der Waals surface area contributed by atoms with Crippen LogP contribution < -0.4 is 0 Å². The highest BCUT2D eigenvalue weighted by Gasteiger charge is 2.63. The van der Waals surface area contributed by atoms with E-state index in [0.717, 1.165) is 5.56 Å². The highest BCUT2D eigenvalue weighted by molar-refractivity contribution is 6.34. The Balaban J connectivity index is 2.29. The fraction of sp³-hybridized carbons (Fsp3) is 0.500. The zero-order valence-corrected chi connectivity index (χ0v) is 12.9. The number of amides is 1. The van der Waals surface area contributed by atoms with Gasteiger partial charge >= 0.3 is 0 Å². The van der Waals surface area contributed by atoms with Gasteiger partial charge in [-0.1, -0.05) is 37.0 Å². The van der Waals surface area contributed by atoms with Gasteiger partial charge in [0.2, 0.25) is 5.91 Å². The number of hydrogen-bond acceptors (Lipinski definition) is 2. The summed E-state index contributed by atoms with van der Waals surface area (Å²) in [6, 6.07) is 5.44. The van der Waals surface area contributed by atoms with Crippen LogP contribution in [0.25, 0.3) is 0 Å². The molecule has 2 rings (SSSR count). The maximum atomic E-state index is 12.2. The second-order valence-electron chi connectivity index (χ2n) is 5.50. The summed E-state index contributed by atoms with van der Waals surface area (Å²) >= 11 is 12.1. The molecule has 1 aromatic rings. The van der Waals surface area contributed by atoms with Gasteiger partial charge in [0, 0.05) is 23.0 Å². The van der Waals surface area contributed by atoms with E-state index in [1.807, 2.05) is 12.1 Å². The van der Waals surface area contributed by atoms with Crippen LogP contribution in [0.5, 0.6) is 0 Å². The number of nitrogens with zero attached hydrogens (tertiary/aromatic N) is 1. The molecule has 1 unspecified atom stereocenters. The third-order valence-electron chi connectivity index (χ3n) is 3.92. The Morgan fingerprint density at radius 1 is 1.26 bits per heavy atom. The minimum atomic E-state index is -0.113. The van der Waals surface area contributed by atoms with Crippen LogP contribution in [0.4, 0.5) is 0 Å². The zero-order valence-electron chi connectivity index (χ0n) is 11.4. The van der Waals surface area contributed by atoms with Crippen molar-refractivity contribution in [1.82, 2.24) is 5.06 Å². The third kappa shape index (κ3) is 2.60. The molecule has 1 aliphatic carbocycles. The Kier molecular flexibility index (Phi) is 3.83. The first-order chi connectivity index (χ1) is 8.78. The molecule has 0 bridgehead atoms. The summed E-state index contributed by atoms with van der Waals surface area (Å²) in [5, 5.41) is 2.46. The molecule has 0 radical (unpaired) electrons. The Labute approximate surface area is 123 Å². The maximum absolute atomic E-state index is 12.2. The van der Waals surface area contributed by atoms with Crippen molar-refractivity contribution >= 4 is 29.1 Å². The Bertz CT molecular complexity index is 496. The van der Waals surface area contributed by atoms with Gasteiger partial charge < -0.3 is 0 Å². The lowest BCUT2D eigenvalue weighted by molar-refractivity contribution is -0.171. The Morgan fingerprint density at radius 2 is 1.79 bits per heavy atom. The van der Waals surface area contributed by atoms with Gasteiger partial charge in [-0.2, -0.15) is 0 Å². The molecule has 104 valence electrons. The molecule has 3 nitrogen and oxygen atoms in total. The molecule has 0 spiro atoms. The van der Waals surface area contributed by atoms with Crippen molar-refractivity contribution < 1.29 is 9.63 Å². The summed E-state index contributed by atoms with van der Waals surface area (Å²) in [5.41, 5.74) is 0.892. The minimum Gasteiger partial charge on any atom is -0.275 e. The topological polar surface area (TPSA) is 29.5 Å². The highest BCUT2D eigenvalue weighted by Crippen LogP contribution is 2.65. The standard InChI is InChI=1S/C14H17Cl2NO2/c1-14(2)11(12(14)13(18)17(3)19-4)8-5-9(15)7-10(16)6-8/h5-7,11-12H,1-4H3/t11?,12-/m0/s1. The highest BCUT2D eigenvalue weighted by atomic mass is 35.5. The van der Waals surface area contributed by atoms with Crippen molar-refractivity contribution in [2.45, 2.75) is 19.8 Å². The molecule has 1 aliphatic rings. The molecule has 5 heteroatoms. The molecule has 0 N–H and O–H groups in total. The lowest BCUT2D eigenvalue weighted by Crippen LogP contribution is -2.28. The largest absolute Gasteiger partial charge is 0.275 e. The van der Waals surface area contributed by atoms with Crippen molar-refractivity contribution in [3.63, 3.8) is 0 Å². The summed E-state index contributed by atoms with van der Waals surface area (Å²) < 4.78 is 0. The molecular formula is C14H17Cl2NO2. The average Bonchev–Trinajstić information content (AvgIpc) is 2.89. The third-order valence-corrected chi connectivity index (χ3v) is 4.36. The van der Waals surface area contributed by atoms with Crippen LogP contribution in [0, 0.1) is 11.3 Å². The van der Waals surface area contributed by atoms with E-state index < -0.39 is 0 Å². The van der Waals surface area contributed by atoms with Crippen LogP contribution in [0.1, 0.15) is 25.3 Å². The second-order valence-corrected chi connectivity index (χ2v) is 6.37. The second kappa shape index (κ2) is 4.97. The Hall–Kier alpha value is -0.770. The van der Waals surface area contributed by atoms with Crippen LogP contribution in [0.2, 0.25) is 10.0 Å². The molecule has 1 fully saturated rings. The van der Waals surface area contributed by atoms with Crippen LogP contribution in [-0.2, 0) is 9.63 Å². The van der Waals surface area contributed by atoms with Gasteiger partial charge in [0.05, 0.1) is 13.0 Å². The van der Waals surface area contributed by atoms with Gasteiger partial charge in [-0.25, -0.2) is 5.06 Å². The molecular weight excluding hydrogens is 285 g/mol. The van der Waals surface area contributed by atoms with E-state index in [2.05, 4.69) is 13.8 Å². The maximum Gasteiger partial charge on any atom is 0.250 e. The molecule has 0 aromatic heterocycles. The van der Waals surface area contributed by atoms with Gasteiger partial charge in [0.1, 0.15) is 0 Å². The van der Waals surface area contributed by atoms with Crippen LogP contribution >= 0.6 is 23.2 Å². The molecule has 1 saturated carbocycles. The first-order valence-electron chi connectivity index (χ1n) is 6.06. The van der Waals surface area contributed by atoms with E-state index in [0.29, 0.717) is 10.0 Å². The molecule has 1 amide bonds. The van der Waals surface area contributed by atoms with Gasteiger partial charge in [-0.3, -0.25) is 9.63 Å². The number of hydrogen-bond donors (Lipinski definition) is 0.